The lowest BCUT2D eigenvalue weighted by Gasteiger charge is -2.09. The van der Waals surface area contributed by atoms with Crippen LogP contribution in [0.15, 0.2) is 41.0 Å². The van der Waals surface area contributed by atoms with E-state index < -0.39 is 0 Å². The molecule has 1 atom stereocenters. The number of aromatic nitrogens is 2. The lowest BCUT2D eigenvalue weighted by atomic mass is 10.3. The van der Waals surface area contributed by atoms with E-state index in [1.165, 1.54) is 3.57 Å². The molecule has 0 spiro atoms. The highest BCUT2D eigenvalue weighted by atomic mass is 127. The summed E-state index contributed by atoms with van der Waals surface area (Å²) in [7, 11) is 0. The Morgan fingerprint density at radius 1 is 1.40 bits per heavy atom. The molecule has 20 heavy (non-hydrogen) atoms. The van der Waals surface area contributed by atoms with Gasteiger partial charge in [0.2, 0.25) is 0 Å². The fourth-order valence-electron chi connectivity index (χ4n) is 2.34. The Bertz CT molecular complexity index is 719. The molecule has 3 aromatic rings. The second kappa shape index (κ2) is 5.77. The van der Waals surface area contributed by atoms with Crippen LogP contribution in [0.25, 0.3) is 11.0 Å². The molecule has 0 aliphatic carbocycles. The van der Waals surface area contributed by atoms with Crippen molar-refractivity contribution in [3.05, 3.63) is 51.7 Å². The normalized spacial score (nSPS) is 12.9. The summed E-state index contributed by atoms with van der Waals surface area (Å²) in [6, 6.07) is 10.2. The van der Waals surface area contributed by atoms with Gasteiger partial charge in [-0.2, -0.15) is 0 Å². The first-order valence-corrected chi connectivity index (χ1v) is 7.99. The van der Waals surface area contributed by atoms with E-state index in [0.29, 0.717) is 0 Å². The fourth-order valence-corrected chi connectivity index (χ4v) is 2.98. The third-order valence-electron chi connectivity index (χ3n) is 3.26. The Morgan fingerprint density at radius 2 is 2.25 bits per heavy atom. The molecule has 1 unspecified atom stereocenters. The van der Waals surface area contributed by atoms with Gasteiger partial charge in [0.15, 0.2) is 0 Å². The molecular formula is C15H14ClIN2O. The number of imidazole rings is 1. The van der Waals surface area contributed by atoms with Crippen LogP contribution >= 0.6 is 34.2 Å². The van der Waals surface area contributed by atoms with Crippen LogP contribution in [0.2, 0.25) is 0 Å². The molecule has 0 fully saturated rings. The van der Waals surface area contributed by atoms with E-state index >= 15 is 0 Å². The average molecular weight is 401 g/mol. The van der Waals surface area contributed by atoms with E-state index in [-0.39, 0.29) is 5.38 Å². The van der Waals surface area contributed by atoms with Crippen molar-refractivity contribution in [3.63, 3.8) is 0 Å². The molecule has 3 nitrogen and oxygen atoms in total. The minimum Gasteiger partial charge on any atom is -0.469 e. The van der Waals surface area contributed by atoms with Crippen LogP contribution in [0.5, 0.6) is 0 Å². The topological polar surface area (TPSA) is 31.0 Å². The largest absolute Gasteiger partial charge is 0.469 e. The highest BCUT2D eigenvalue weighted by Gasteiger charge is 2.15. The highest BCUT2D eigenvalue weighted by molar-refractivity contribution is 14.1. The summed E-state index contributed by atoms with van der Waals surface area (Å²) in [5.74, 6) is 1.89. The van der Waals surface area contributed by atoms with E-state index in [1.54, 1.807) is 6.26 Å². The van der Waals surface area contributed by atoms with Gasteiger partial charge >= 0.3 is 0 Å². The molecular weight excluding hydrogens is 387 g/mol. The number of alkyl halides is 1. The van der Waals surface area contributed by atoms with Crippen molar-refractivity contribution in [1.82, 2.24) is 9.55 Å². The van der Waals surface area contributed by atoms with Gasteiger partial charge in [-0.25, -0.2) is 4.98 Å². The minimum atomic E-state index is -0.114. The third kappa shape index (κ3) is 2.72. The van der Waals surface area contributed by atoms with E-state index in [1.807, 2.05) is 19.1 Å². The van der Waals surface area contributed by atoms with Crippen molar-refractivity contribution in [2.24, 2.45) is 0 Å². The molecule has 1 aromatic carbocycles. The lowest BCUT2D eigenvalue weighted by molar-refractivity contribution is 0.490. The molecule has 5 heteroatoms. The molecule has 104 valence electrons. The zero-order valence-corrected chi connectivity index (χ0v) is 13.9. The lowest BCUT2D eigenvalue weighted by Crippen LogP contribution is -2.06. The van der Waals surface area contributed by atoms with Gasteiger partial charge in [-0.1, -0.05) is 0 Å². The Morgan fingerprint density at radius 3 is 2.95 bits per heavy atom. The second-order valence-electron chi connectivity index (χ2n) is 4.70. The second-order valence-corrected chi connectivity index (χ2v) is 6.60. The van der Waals surface area contributed by atoms with Crippen molar-refractivity contribution in [2.75, 3.05) is 0 Å². The number of rotatable bonds is 4. The Hall–Kier alpha value is -1.01. The van der Waals surface area contributed by atoms with Gasteiger partial charge in [0.1, 0.15) is 11.6 Å². The van der Waals surface area contributed by atoms with Crippen LogP contribution in [-0.4, -0.2) is 9.55 Å². The average Bonchev–Trinajstić information content (AvgIpc) is 3.02. The maximum atomic E-state index is 6.27. The van der Waals surface area contributed by atoms with E-state index in [9.17, 15) is 0 Å². The summed E-state index contributed by atoms with van der Waals surface area (Å²) in [6.07, 6.45) is 2.54. The number of benzene rings is 1. The van der Waals surface area contributed by atoms with Crippen LogP contribution in [0, 0.1) is 3.57 Å². The minimum absolute atomic E-state index is 0.114. The van der Waals surface area contributed by atoms with Gasteiger partial charge in [0.25, 0.3) is 0 Å². The Labute approximate surface area is 136 Å². The number of aryl methyl sites for hydroxylation is 2. The van der Waals surface area contributed by atoms with Gasteiger partial charge < -0.3 is 8.98 Å². The molecule has 0 radical (unpaired) electrons. The highest BCUT2D eigenvalue weighted by Crippen LogP contribution is 2.26. The molecule has 0 aliphatic rings. The zero-order chi connectivity index (χ0) is 14.1. The maximum absolute atomic E-state index is 6.27. The summed E-state index contributed by atoms with van der Waals surface area (Å²) in [5.41, 5.74) is 2.12. The van der Waals surface area contributed by atoms with Crippen molar-refractivity contribution in [2.45, 2.75) is 25.3 Å². The molecule has 0 N–H and O–H groups in total. The molecule has 0 bridgehead atoms. The van der Waals surface area contributed by atoms with Gasteiger partial charge in [0, 0.05) is 16.5 Å². The zero-order valence-electron chi connectivity index (χ0n) is 11.0. The number of hydrogen-bond donors (Lipinski definition) is 0. The molecule has 0 saturated carbocycles. The molecule has 2 aromatic heterocycles. The quantitative estimate of drug-likeness (QED) is 0.466. The number of nitrogens with zero attached hydrogens (tertiary/aromatic N) is 2. The Kier molecular flexibility index (Phi) is 4.03. The summed E-state index contributed by atoms with van der Waals surface area (Å²) in [5, 5.41) is -0.114. The SMILES string of the molecule is CC(Cl)c1nc2cc(I)ccc2n1CCc1ccco1. The van der Waals surface area contributed by atoms with E-state index in [2.05, 4.69) is 50.3 Å². The summed E-state index contributed by atoms with van der Waals surface area (Å²) in [4.78, 5) is 4.67. The van der Waals surface area contributed by atoms with Gasteiger partial charge in [0.05, 0.1) is 22.7 Å². The van der Waals surface area contributed by atoms with Crippen LogP contribution < -0.4 is 0 Å². The van der Waals surface area contributed by atoms with E-state index in [4.69, 9.17) is 16.0 Å². The van der Waals surface area contributed by atoms with Crippen molar-refractivity contribution >= 4 is 45.2 Å². The summed E-state index contributed by atoms with van der Waals surface area (Å²) in [6.45, 7) is 2.77. The third-order valence-corrected chi connectivity index (χ3v) is 4.12. The van der Waals surface area contributed by atoms with Crippen molar-refractivity contribution in [3.8, 4) is 0 Å². The van der Waals surface area contributed by atoms with Crippen LogP contribution in [0.3, 0.4) is 0 Å². The number of furan rings is 1. The maximum Gasteiger partial charge on any atom is 0.127 e. The fraction of sp³-hybridized carbons (Fsp3) is 0.267. The number of halogens is 2. The first kappa shape index (κ1) is 13.9. The Balaban J connectivity index is 2.00. The van der Waals surface area contributed by atoms with Crippen LogP contribution in [-0.2, 0) is 13.0 Å². The van der Waals surface area contributed by atoms with Gasteiger partial charge in [-0.05, 0) is 59.8 Å². The predicted molar refractivity (Wildman–Crippen MR) is 89.1 cm³/mol. The van der Waals surface area contributed by atoms with Crippen LogP contribution in [0.4, 0.5) is 0 Å². The molecule has 3 rings (SSSR count). The van der Waals surface area contributed by atoms with Crippen molar-refractivity contribution in [1.29, 1.82) is 0 Å². The van der Waals surface area contributed by atoms with E-state index in [0.717, 1.165) is 35.6 Å². The van der Waals surface area contributed by atoms with Crippen LogP contribution in [0.1, 0.15) is 23.9 Å². The molecule has 0 amide bonds. The first-order chi connectivity index (χ1) is 9.65. The number of fused-ring (bicyclic) bond motifs is 1. The molecule has 0 saturated heterocycles. The van der Waals surface area contributed by atoms with Gasteiger partial charge in [-0.15, -0.1) is 11.6 Å². The van der Waals surface area contributed by atoms with Crippen molar-refractivity contribution < 1.29 is 4.42 Å². The summed E-state index contributed by atoms with van der Waals surface area (Å²) < 4.78 is 8.76. The number of hydrogen-bond acceptors (Lipinski definition) is 2. The first-order valence-electron chi connectivity index (χ1n) is 6.47. The predicted octanol–water partition coefficient (Wildman–Crippen LogP) is 4.78. The smallest absolute Gasteiger partial charge is 0.127 e. The summed E-state index contributed by atoms with van der Waals surface area (Å²) >= 11 is 8.57. The standard InChI is InChI=1S/C15H14ClIN2O/c1-10(16)15-18-13-9-11(17)4-5-14(13)19(15)7-6-12-3-2-8-20-12/h2-5,8-10H,6-7H2,1H3. The molecule has 2 heterocycles. The molecule has 0 aliphatic heterocycles. The monoisotopic (exact) mass is 400 g/mol. The van der Waals surface area contributed by atoms with Gasteiger partial charge in [-0.3, -0.25) is 0 Å².